The predicted molar refractivity (Wildman–Crippen MR) is 82.6 cm³/mol. The number of anilines is 1. The Kier molecular flexibility index (Phi) is 3.44. The zero-order chi connectivity index (χ0) is 13.9. The molecule has 2 aromatic carbocycles. The normalized spacial score (nSPS) is 10.7. The molecule has 0 aliphatic rings. The standard InChI is InChI=1S/C16H14ClN3/c17-14-3-1-2-13(10-14)16-19-8-9-20(16)11-12-4-6-15(18)7-5-12/h1-10H,11,18H2. The number of hydrogen-bond donors (Lipinski definition) is 1. The van der Waals surface area contributed by atoms with Crippen LogP contribution in [0.4, 0.5) is 5.69 Å². The van der Waals surface area contributed by atoms with Crippen molar-refractivity contribution >= 4 is 17.3 Å². The number of hydrogen-bond acceptors (Lipinski definition) is 2. The fraction of sp³-hybridized carbons (Fsp3) is 0.0625. The molecule has 0 aliphatic heterocycles. The van der Waals surface area contributed by atoms with Crippen molar-refractivity contribution in [2.24, 2.45) is 0 Å². The molecule has 3 aromatic rings. The molecule has 1 heterocycles. The van der Waals surface area contributed by atoms with Crippen LogP contribution in [0, 0.1) is 0 Å². The Labute approximate surface area is 122 Å². The molecule has 0 atom stereocenters. The molecule has 2 N–H and O–H groups in total. The summed E-state index contributed by atoms with van der Waals surface area (Å²) in [6.07, 6.45) is 3.76. The minimum atomic E-state index is 0.713. The minimum Gasteiger partial charge on any atom is -0.399 e. The summed E-state index contributed by atoms with van der Waals surface area (Å²) in [7, 11) is 0. The van der Waals surface area contributed by atoms with Crippen molar-refractivity contribution in [1.29, 1.82) is 0 Å². The monoisotopic (exact) mass is 283 g/mol. The van der Waals surface area contributed by atoms with Gasteiger partial charge in [0.2, 0.25) is 0 Å². The van der Waals surface area contributed by atoms with Gasteiger partial charge in [-0.25, -0.2) is 4.98 Å². The van der Waals surface area contributed by atoms with Crippen LogP contribution in [0.5, 0.6) is 0 Å². The smallest absolute Gasteiger partial charge is 0.140 e. The second-order valence-corrected chi connectivity index (χ2v) is 5.07. The summed E-state index contributed by atoms with van der Waals surface area (Å²) in [4.78, 5) is 4.42. The van der Waals surface area contributed by atoms with Gasteiger partial charge in [-0.1, -0.05) is 35.9 Å². The van der Waals surface area contributed by atoms with E-state index in [9.17, 15) is 0 Å². The van der Waals surface area contributed by atoms with Crippen molar-refractivity contribution in [3.63, 3.8) is 0 Å². The third kappa shape index (κ3) is 2.68. The minimum absolute atomic E-state index is 0.713. The van der Waals surface area contributed by atoms with Crippen LogP contribution < -0.4 is 5.73 Å². The van der Waals surface area contributed by atoms with Crippen molar-refractivity contribution in [3.8, 4) is 11.4 Å². The predicted octanol–water partition coefficient (Wildman–Crippen LogP) is 3.83. The highest BCUT2D eigenvalue weighted by Gasteiger charge is 2.06. The van der Waals surface area contributed by atoms with Crippen LogP contribution in [-0.4, -0.2) is 9.55 Å². The quantitative estimate of drug-likeness (QED) is 0.742. The van der Waals surface area contributed by atoms with Gasteiger partial charge in [0, 0.05) is 35.2 Å². The third-order valence-corrected chi connectivity index (χ3v) is 3.37. The van der Waals surface area contributed by atoms with Gasteiger partial charge in [0.05, 0.1) is 0 Å². The van der Waals surface area contributed by atoms with E-state index < -0.39 is 0 Å². The SMILES string of the molecule is Nc1ccc(Cn2ccnc2-c2cccc(Cl)c2)cc1. The van der Waals surface area contributed by atoms with Crippen molar-refractivity contribution in [3.05, 3.63) is 71.5 Å². The van der Waals surface area contributed by atoms with E-state index in [1.165, 1.54) is 5.56 Å². The Balaban J connectivity index is 1.92. The van der Waals surface area contributed by atoms with Crippen molar-refractivity contribution in [1.82, 2.24) is 9.55 Å². The zero-order valence-corrected chi connectivity index (χ0v) is 11.6. The van der Waals surface area contributed by atoms with E-state index in [0.29, 0.717) is 5.02 Å². The first-order chi connectivity index (χ1) is 9.72. The number of imidazole rings is 1. The highest BCUT2D eigenvalue weighted by atomic mass is 35.5. The van der Waals surface area contributed by atoms with Crippen LogP contribution in [0.3, 0.4) is 0 Å². The van der Waals surface area contributed by atoms with Gasteiger partial charge in [-0.15, -0.1) is 0 Å². The fourth-order valence-corrected chi connectivity index (χ4v) is 2.33. The molecule has 0 bridgehead atoms. The summed E-state index contributed by atoms with van der Waals surface area (Å²) >= 11 is 6.04. The molecule has 0 radical (unpaired) electrons. The molecule has 3 nitrogen and oxygen atoms in total. The van der Waals surface area contributed by atoms with E-state index >= 15 is 0 Å². The number of benzene rings is 2. The van der Waals surface area contributed by atoms with Crippen LogP contribution in [0.1, 0.15) is 5.56 Å². The zero-order valence-electron chi connectivity index (χ0n) is 10.8. The number of nitrogens with two attached hydrogens (primary N) is 1. The Morgan fingerprint density at radius 3 is 2.65 bits per heavy atom. The number of nitrogen functional groups attached to an aromatic ring is 1. The molecule has 0 amide bonds. The van der Waals surface area contributed by atoms with Crippen molar-refractivity contribution < 1.29 is 0 Å². The Morgan fingerprint density at radius 1 is 1.10 bits per heavy atom. The molecule has 0 unspecified atom stereocenters. The van der Waals surface area contributed by atoms with E-state index in [0.717, 1.165) is 23.6 Å². The van der Waals surface area contributed by atoms with E-state index in [-0.39, 0.29) is 0 Å². The molecule has 0 fully saturated rings. The molecule has 0 spiro atoms. The maximum atomic E-state index is 6.04. The van der Waals surface area contributed by atoms with Gasteiger partial charge in [0.15, 0.2) is 0 Å². The van der Waals surface area contributed by atoms with Gasteiger partial charge in [-0.2, -0.15) is 0 Å². The first-order valence-corrected chi connectivity index (χ1v) is 6.72. The van der Waals surface area contributed by atoms with Crippen molar-refractivity contribution in [2.45, 2.75) is 6.54 Å². The summed E-state index contributed by atoms with van der Waals surface area (Å²) in [5.74, 6) is 0.907. The van der Waals surface area contributed by atoms with E-state index in [1.54, 1.807) is 6.20 Å². The highest BCUT2D eigenvalue weighted by molar-refractivity contribution is 6.30. The van der Waals surface area contributed by atoms with Crippen LogP contribution in [0.2, 0.25) is 5.02 Å². The molecular formula is C16H14ClN3. The molecular weight excluding hydrogens is 270 g/mol. The van der Waals surface area contributed by atoms with Gasteiger partial charge in [-0.05, 0) is 29.8 Å². The molecule has 3 rings (SSSR count). The molecule has 0 saturated carbocycles. The Morgan fingerprint density at radius 2 is 1.90 bits per heavy atom. The topological polar surface area (TPSA) is 43.8 Å². The summed E-state index contributed by atoms with van der Waals surface area (Å²) in [5.41, 5.74) is 8.67. The first-order valence-electron chi connectivity index (χ1n) is 6.34. The molecule has 20 heavy (non-hydrogen) atoms. The molecule has 0 aliphatic carbocycles. The Hall–Kier alpha value is -2.26. The highest BCUT2D eigenvalue weighted by Crippen LogP contribution is 2.22. The lowest BCUT2D eigenvalue weighted by Gasteiger charge is -2.08. The van der Waals surface area contributed by atoms with Crippen LogP contribution in [0.15, 0.2) is 60.9 Å². The number of rotatable bonds is 3. The lowest BCUT2D eigenvalue weighted by atomic mass is 10.2. The van der Waals surface area contributed by atoms with E-state index in [4.69, 9.17) is 17.3 Å². The van der Waals surface area contributed by atoms with Gasteiger partial charge < -0.3 is 10.3 Å². The summed E-state index contributed by atoms with van der Waals surface area (Å²) < 4.78 is 2.09. The van der Waals surface area contributed by atoms with Crippen molar-refractivity contribution in [2.75, 3.05) is 5.73 Å². The summed E-state index contributed by atoms with van der Waals surface area (Å²) in [5, 5.41) is 0.713. The summed E-state index contributed by atoms with van der Waals surface area (Å²) in [6, 6.07) is 15.6. The van der Waals surface area contributed by atoms with Gasteiger partial charge >= 0.3 is 0 Å². The van der Waals surface area contributed by atoms with Gasteiger partial charge in [-0.3, -0.25) is 0 Å². The first kappa shape index (κ1) is 12.8. The van der Waals surface area contributed by atoms with Gasteiger partial charge in [0.25, 0.3) is 0 Å². The maximum Gasteiger partial charge on any atom is 0.140 e. The van der Waals surface area contributed by atoms with E-state index in [2.05, 4.69) is 9.55 Å². The van der Waals surface area contributed by atoms with Crippen LogP contribution >= 0.6 is 11.6 Å². The second kappa shape index (κ2) is 5.39. The average molecular weight is 284 g/mol. The number of nitrogens with zero attached hydrogens (tertiary/aromatic N) is 2. The lowest BCUT2D eigenvalue weighted by molar-refractivity contribution is 0.807. The van der Waals surface area contributed by atoms with Gasteiger partial charge in [0.1, 0.15) is 5.82 Å². The Bertz CT molecular complexity index is 717. The molecule has 100 valence electrons. The fourth-order valence-electron chi connectivity index (χ4n) is 2.14. The van der Waals surface area contributed by atoms with E-state index in [1.807, 2.05) is 54.7 Å². The molecule has 4 heteroatoms. The third-order valence-electron chi connectivity index (χ3n) is 3.13. The summed E-state index contributed by atoms with van der Waals surface area (Å²) in [6.45, 7) is 0.752. The molecule has 0 saturated heterocycles. The number of aromatic nitrogens is 2. The van der Waals surface area contributed by atoms with Crippen LogP contribution in [-0.2, 0) is 6.54 Å². The largest absolute Gasteiger partial charge is 0.399 e. The molecule has 1 aromatic heterocycles. The maximum absolute atomic E-state index is 6.04. The lowest BCUT2D eigenvalue weighted by Crippen LogP contribution is -2.01. The second-order valence-electron chi connectivity index (χ2n) is 4.63. The average Bonchev–Trinajstić information content (AvgIpc) is 2.89. The number of halogens is 1. The van der Waals surface area contributed by atoms with Crippen LogP contribution in [0.25, 0.3) is 11.4 Å².